The smallest absolute Gasteiger partial charge is 0.236 e. The van der Waals surface area contributed by atoms with Crippen molar-refractivity contribution in [3.63, 3.8) is 0 Å². The minimum atomic E-state index is -3.85. The zero-order valence-electron chi connectivity index (χ0n) is 12.0. The normalized spacial score (nSPS) is 15.9. The van der Waals surface area contributed by atoms with Gasteiger partial charge in [0, 0.05) is 12.8 Å². The number of rotatable bonds is 4. The Balaban J connectivity index is 2.40. The highest BCUT2D eigenvalue weighted by atomic mass is 32.2. The summed E-state index contributed by atoms with van der Waals surface area (Å²) in [5.41, 5.74) is 1.46. The van der Waals surface area contributed by atoms with Gasteiger partial charge in [0.1, 0.15) is 15.7 Å². The summed E-state index contributed by atoms with van der Waals surface area (Å²) in [5.74, 6) is -1.57. The number of sulfone groups is 1. The van der Waals surface area contributed by atoms with E-state index in [1.54, 1.807) is 13.0 Å². The molecular weight excluding hydrogens is 317 g/mol. The van der Waals surface area contributed by atoms with E-state index in [-0.39, 0.29) is 12.2 Å². The molecule has 0 spiro atoms. The van der Waals surface area contributed by atoms with Gasteiger partial charge in [-0.2, -0.15) is 0 Å². The molecule has 0 unspecified atom stereocenters. The molecule has 0 radical (unpaired) electrons. The number of aryl methyl sites for hydroxylation is 2. The van der Waals surface area contributed by atoms with Crippen LogP contribution in [-0.2, 0) is 26.3 Å². The average molecular weight is 335 g/mol. The van der Waals surface area contributed by atoms with E-state index in [1.165, 1.54) is 6.07 Å². The molecule has 0 saturated carbocycles. The van der Waals surface area contributed by atoms with E-state index in [9.17, 15) is 21.2 Å². The second-order valence-electron chi connectivity index (χ2n) is 5.38. The molecule has 0 atom stereocenters. The van der Waals surface area contributed by atoms with Crippen molar-refractivity contribution in [2.75, 3.05) is 28.6 Å². The Morgan fingerprint density at radius 3 is 2.48 bits per heavy atom. The van der Waals surface area contributed by atoms with Gasteiger partial charge in [-0.05, 0) is 37.0 Å². The van der Waals surface area contributed by atoms with Gasteiger partial charge in [0.05, 0.1) is 17.2 Å². The minimum absolute atomic E-state index is 0.0698. The van der Waals surface area contributed by atoms with Crippen LogP contribution in [0, 0.1) is 12.7 Å². The van der Waals surface area contributed by atoms with Crippen LogP contribution >= 0.6 is 0 Å². The molecule has 1 aliphatic rings. The molecule has 1 heterocycles. The zero-order valence-corrected chi connectivity index (χ0v) is 13.6. The number of hydrogen-bond acceptors (Lipinski definition) is 4. The van der Waals surface area contributed by atoms with Crippen LogP contribution < -0.4 is 4.31 Å². The molecule has 21 heavy (non-hydrogen) atoms. The van der Waals surface area contributed by atoms with E-state index in [2.05, 4.69) is 0 Å². The molecule has 0 aromatic heterocycles. The molecule has 2 rings (SSSR count). The maximum Gasteiger partial charge on any atom is 0.236 e. The van der Waals surface area contributed by atoms with Crippen LogP contribution in [0.2, 0.25) is 0 Å². The number of hydrogen-bond donors (Lipinski definition) is 0. The van der Waals surface area contributed by atoms with Gasteiger partial charge in [-0.1, -0.05) is 6.07 Å². The number of sulfonamides is 1. The molecule has 0 N–H and O–H groups in total. The van der Waals surface area contributed by atoms with Crippen molar-refractivity contribution >= 4 is 25.5 Å². The standard InChI is InChI=1S/C13H18FNO4S2/c1-10-8-11-4-3-5-15(13(11)12(14)9-10)21(18,19)7-6-20(2,16)17/h8-9H,3-7H2,1-2H3. The molecule has 1 aliphatic heterocycles. The van der Waals surface area contributed by atoms with Crippen molar-refractivity contribution in [1.29, 1.82) is 0 Å². The lowest BCUT2D eigenvalue weighted by atomic mass is 10.0. The van der Waals surface area contributed by atoms with Crippen LogP contribution in [0.5, 0.6) is 0 Å². The van der Waals surface area contributed by atoms with Gasteiger partial charge in [0.25, 0.3) is 0 Å². The fourth-order valence-electron chi connectivity index (χ4n) is 2.45. The number of nitrogens with zero attached hydrogens (tertiary/aromatic N) is 1. The van der Waals surface area contributed by atoms with E-state index >= 15 is 0 Å². The van der Waals surface area contributed by atoms with Crippen molar-refractivity contribution in [2.45, 2.75) is 19.8 Å². The van der Waals surface area contributed by atoms with Crippen LogP contribution in [0.4, 0.5) is 10.1 Å². The van der Waals surface area contributed by atoms with Crippen molar-refractivity contribution in [3.8, 4) is 0 Å². The molecule has 0 amide bonds. The number of halogens is 1. The molecule has 8 heteroatoms. The summed E-state index contributed by atoms with van der Waals surface area (Å²) in [6.45, 7) is 1.93. The summed E-state index contributed by atoms with van der Waals surface area (Å²) >= 11 is 0. The highest BCUT2D eigenvalue weighted by Crippen LogP contribution is 2.33. The Morgan fingerprint density at radius 1 is 1.19 bits per heavy atom. The Labute approximate surface area is 124 Å². The predicted molar refractivity (Wildman–Crippen MR) is 80.3 cm³/mol. The third-order valence-electron chi connectivity index (χ3n) is 3.39. The Hall–Kier alpha value is -1.15. The molecular formula is C13H18FNO4S2. The summed E-state index contributed by atoms with van der Waals surface area (Å²) in [7, 11) is -7.24. The van der Waals surface area contributed by atoms with Gasteiger partial charge in [-0.15, -0.1) is 0 Å². The van der Waals surface area contributed by atoms with Crippen LogP contribution in [0.3, 0.4) is 0 Å². The maximum absolute atomic E-state index is 14.2. The Kier molecular flexibility index (Phi) is 4.30. The van der Waals surface area contributed by atoms with Crippen LogP contribution in [0.25, 0.3) is 0 Å². The fraction of sp³-hybridized carbons (Fsp3) is 0.538. The number of anilines is 1. The average Bonchev–Trinajstić information content (AvgIpc) is 2.34. The topological polar surface area (TPSA) is 71.5 Å². The van der Waals surface area contributed by atoms with Gasteiger partial charge >= 0.3 is 0 Å². The van der Waals surface area contributed by atoms with Gasteiger partial charge in [-0.25, -0.2) is 21.2 Å². The second kappa shape index (κ2) is 5.57. The molecule has 0 bridgehead atoms. The monoisotopic (exact) mass is 335 g/mol. The second-order valence-corrected chi connectivity index (χ2v) is 9.65. The Morgan fingerprint density at radius 2 is 1.86 bits per heavy atom. The summed E-state index contributed by atoms with van der Waals surface area (Å²) in [4.78, 5) is 0. The highest BCUT2D eigenvalue weighted by molar-refractivity contribution is 7.95. The SMILES string of the molecule is Cc1cc(F)c2c(c1)CCCN2S(=O)(=O)CCS(C)(=O)=O. The van der Waals surface area contributed by atoms with E-state index in [0.29, 0.717) is 18.4 Å². The van der Waals surface area contributed by atoms with E-state index < -0.39 is 37.2 Å². The van der Waals surface area contributed by atoms with Crippen LogP contribution in [0.1, 0.15) is 17.5 Å². The Bertz CT molecular complexity index is 757. The predicted octanol–water partition coefficient (Wildman–Crippen LogP) is 1.26. The first kappa shape index (κ1) is 16.2. The molecule has 0 fully saturated rings. The van der Waals surface area contributed by atoms with Crippen molar-refractivity contribution in [3.05, 3.63) is 29.1 Å². The molecule has 0 aliphatic carbocycles. The van der Waals surface area contributed by atoms with E-state index in [0.717, 1.165) is 16.1 Å². The summed E-state index contributed by atoms with van der Waals surface area (Å²) in [6, 6.07) is 3.07. The third-order valence-corrected chi connectivity index (χ3v) is 6.35. The highest BCUT2D eigenvalue weighted by Gasteiger charge is 2.30. The molecule has 5 nitrogen and oxygen atoms in total. The lowest BCUT2D eigenvalue weighted by Crippen LogP contribution is -2.39. The largest absolute Gasteiger partial charge is 0.267 e. The van der Waals surface area contributed by atoms with Crippen molar-refractivity contribution in [1.82, 2.24) is 0 Å². The van der Waals surface area contributed by atoms with Crippen LogP contribution in [-0.4, -0.2) is 41.1 Å². The van der Waals surface area contributed by atoms with E-state index in [4.69, 9.17) is 0 Å². The van der Waals surface area contributed by atoms with Gasteiger partial charge < -0.3 is 0 Å². The molecule has 1 aromatic rings. The van der Waals surface area contributed by atoms with Crippen molar-refractivity contribution in [2.24, 2.45) is 0 Å². The lowest BCUT2D eigenvalue weighted by molar-refractivity contribution is 0.575. The van der Waals surface area contributed by atoms with Gasteiger partial charge in [-0.3, -0.25) is 4.31 Å². The summed E-state index contributed by atoms with van der Waals surface area (Å²) in [5, 5.41) is 0. The molecule has 1 aromatic carbocycles. The minimum Gasteiger partial charge on any atom is -0.267 e. The molecule has 118 valence electrons. The van der Waals surface area contributed by atoms with Gasteiger partial charge in [0.2, 0.25) is 10.0 Å². The first-order valence-electron chi connectivity index (χ1n) is 6.57. The summed E-state index contributed by atoms with van der Waals surface area (Å²) < 4.78 is 62.2. The van der Waals surface area contributed by atoms with Crippen LogP contribution in [0.15, 0.2) is 12.1 Å². The van der Waals surface area contributed by atoms with E-state index in [1.807, 2.05) is 0 Å². The summed E-state index contributed by atoms with van der Waals surface area (Å²) in [6.07, 6.45) is 2.19. The first-order chi connectivity index (χ1) is 9.60. The third kappa shape index (κ3) is 3.74. The quantitative estimate of drug-likeness (QED) is 0.830. The number of benzene rings is 1. The first-order valence-corrected chi connectivity index (χ1v) is 10.2. The van der Waals surface area contributed by atoms with Crippen molar-refractivity contribution < 1.29 is 21.2 Å². The maximum atomic E-state index is 14.2. The van der Waals surface area contributed by atoms with Gasteiger partial charge in [0.15, 0.2) is 0 Å². The molecule has 0 saturated heterocycles. The lowest BCUT2D eigenvalue weighted by Gasteiger charge is -2.31. The number of fused-ring (bicyclic) bond motifs is 1. The fourth-order valence-corrected chi connectivity index (χ4v) is 5.61. The zero-order chi connectivity index (χ0) is 15.8.